The predicted octanol–water partition coefficient (Wildman–Crippen LogP) is 4.87. The van der Waals surface area contributed by atoms with E-state index in [1.807, 2.05) is 0 Å². The summed E-state index contributed by atoms with van der Waals surface area (Å²) in [7, 11) is 0. The van der Waals surface area contributed by atoms with Gasteiger partial charge in [-0.25, -0.2) is 14.2 Å². The monoisotopic (exact) mass is 505 g/mol. The number of rotatable bonds is 7. The maximum Gasteiger partial charge on any atom is 0.416 e. The first-order valence-corrected chi connectivity index (χ1v) is 10.7. The molecule has 11 heteroatoms. The number of nitrogens with one attached hydrogen (secondary N) is 1. The van der Waals surface area contributed by atoms with Crippen LogP contribution in [-0.2, 0) is 15.7 Å². The SMILES string of the molecule is CC(C)(C)OC(=O)COc1ccc(C(=O)N[C@@H](c2ccc(C(F)(F)F)cc2)c2ncccc2F)nc1. The molecule has 0 aliphatic heterocycles. The summed E-state index contributed by atoms with van der Waals surface area (Å²) in [5, 5.41) is 2.56. The van der Waals surface area contributed by atoms with E-state index in [1.54, 1.807) is 20.8 Å². The highest BCUT2D eigenvalue weighted by Gasteiger charge is 2.31. The van der Waals surface area contributed by atoms with E-state index in [0.717, 1.165) is 30.3 Å². The van der Waals surface area contributed by atoms with Gasteiger partial charge >= 0.3 is 12.1 Å². The Kier molecular flexibility index (Phi) is 7.91. The molecule has 0 saturated carbocycles. The summed E-state index contributed by atoms with van der Waals surface area (Å²) in [6, 6.07) is 7.97. The van der Waals surface area contributed by atoms with Crippen molar-refractivity contribution in [1.29, 1.82) is 0 Å². The van der Waals surface area contributed by atoms with Gasteiger partial charge in [-0.15, -0.1) is 0 Å². The van der Waals surface area contributed by atoms with Crippen molar-refractivity contribution in [2.24, 2.45) is 0 Å². The number of carbonyl (C=O) groups excluding carboxylic acids is 2. The molecule has 0 radical (unpaired) electrons. The molecule has 0 fully saturated rings. The number of pyridine rings is 2. The molecule has 1 N–H and O–H groups in total. The third-order valence-corrected chi connectivity index (χ3v) is 4.65. The van der Waals surface area contributed by atoms with E-state index in [-0.39, 0.29) is 29.3 Å². The molecule has 2 aromatic heterocycles. The second-order valence-electron chi connectivity index (χ2n) is 8.65. The molecule has 0 saturated heterocycles. The fourth-order valence-electron chi connectivity index (χ4n) is 3.10. The molecule has 2 heterocycles. The van der Waals surface area contributed by atoms with Crippen LogP contribution in [0.4, 0.5) is 17.6 Å². The molecule has 0 aliphatic carbocycles. The Balaban J connectivity index is 1.77. The van der Waals surface area contributed by atoms with E-state index >= 15 is 0 Å². The highest BCUT2D eigenvalue weighted by atomic mass is 19.4. The van der Waals surface area contributed by atoms with Gasteiger partial charge in [0.1, 0.15) is 28.6 Å². The minimum atomic E-state index is -4.55. The van der Waals surface area contributed by atoms with Crippen molar-refractivity contribution in [2.45, 2.75) is 38.6 Å². The maximum absolute atomic E-state index is 14.5. The van der Waals surface area contributed by atoms with E-state index < -0.39 is 41.1 Å². The average Bonchev–Trinajstić information content (AvgIpc) is 2.80. The molecule has 0 bridgehead atoms. The lowest BCUT2D eigenvalue weighted by Gasteiger charge is -2.20. The zero-order chi connectivity index (χ0) is 26.5. The Bertz CT molecular complexity index is 1210. The molecule has 7 nitrogen and oxygen atoms in total. The van der Waals surface area contributed by atoms with Crippen LogP contribution in [-0.4, -0.2) is 34.1 Å². The van der Waals surface area contributed by atoms with Gasteiger partial charge in [0.2, 0.25) is 0 Å². The van der Waals surface area contributed by atoms with E-state index in [1.165, 1.54) is 30.6 Å². The standard InChI is InChI=1S/C25H23F4N3O4/c1-24(2,3)36-20(33)14-35-17-10-11-19(31-13-17)23(34)32-21(22-18(26)5-4-12-30-22)15-6-8-16(9-7-15)25(27,28)29/h4-13,21H,14H2,1-3H3,(H,32,34)/t21-/m0/s1. The van der Waals surface area contributed by atoms with Crippen molar-refractivity contribution in [1.82, 2.24) is 15.3 Å². The van der Waals surface area contributed by atoms with E-state index in [9.17, 15) is 27.2 Å². The molecule has 3 aromatic rings. The summed E-state index contributed by atoms with van der Waals surface area (Å²) in [6.45, 7) is 4.79. The van der Waals surface area contributed by atoms with Crippen molar-refractivity contribution in [3.63, 3.8) is 0 Å². The van der Waals surface area contributed by atoms with E-state index in [0.29, 0.717) is 0 Å². The van der Waals surface area contributed by atoms with Gasteiger partial charge in [0, 0.05) is 6.20 Å². The maximum atomic E-state index is 14.5. The molecule has 36 heavy (non-hydrogen) atoms. The minimum Gasteiger partial charge on any atom is -0.480 e. The Morgan fingerprint density at radius 1 is 1.00 bits per heavy atom. The number of nitrogens with zero attached hydrogens (tertiary/aromatic N) is 2. The minimum absolute atomic E-state index is 0.0760. The lowest BCUT2D eigenvalue weighted by molar-refractivity contribution is -0.157. The Hall–Kier alpha value is -4.02. The molecule has 0 spiro atoms. The topological polar surface area (TPSA) is 90.4 Å². The first kappa shape index (κ1) is 26.6. The number of benzene rings is 1. The number of esters is 1. The van der Waals surface area contributed by atoms with Crippen LogP contribution in [0.2, 0.25) is 0 Å². The summed E-state index contributed by atoms with van der Waals surface area (Å²) in [4.78, 5) is 32.6. The Morgan fingerprint density at radius 2 is 1.69 bits per heavy atom. The van der Waals surface area contributed by atoms with Crippen LogP contribution in [0.25, 0.3) is 0 Å². The van der Waals surface area contributed by atoms with Gasteiger partial charge in [-0.05, 0) is 62.7 Å². The first-order valence-electron chi connectivity index (χ1n) is 10.7. The summed E-state index contributed by atoms with van der Waals surface area (Å²) in [6.07, 6.45) is -2.03. The Labute approximate surface area is 204 Å². The number of alkyl halides is 3. The average molecular weight is 505 g/mol. The number of amides is 1. The molecule has 1 atom stereocenters. The van der Waals surface area contributed by atoms with Gasteiger partial charge in [-0.2, -0.15) is 13.2 Å². The van der Waals surface area contributed by atoms with Crippen molar-refractivity contribution >= 4 is 11.9 Å². The quantitative estimate of drug-likeness (QED) is 0.364. The van der Waals surface area contributed by atoms with Gasteiger partial charge in [-0.1, -0.05) is 12.1 Å². The smallest absolute Gasteiger partial charge is 0.416 e. The fourth-order valence-corrected chi connectivity index (χ4v) is 3.10. The third kappa shape index (κ3) is 7.24. The van der Waals surface area contributed by atoms with Gasteiger partial charge < -0.3 is 14.8 Å². The largest absolute Gasteiger partial charge is 0.480 e. The lowest BCUT2D eigenvalue weighted by atomic mass is 10.0. The first-order chi connectivity index (χ1) is 16.8. The molecule has 3 rings (SSSR count). The molecule has 1 aromatic carbocycles. The second kappa shape index (κ2) is 10.7. The second-order valence-corrected chi connectivity index (χ2v) is 8.65. The predicted molar refractivity (Wildman–Crippen MR) is 121 cm³/mol. The number of carbonyl (C=O) groups is 2. The number of hydrogen-bond donors (Lipinski definition) is 1. The molecular weight excluding hydrogens is 482 g/mol. The zero-order valence-corrected chi connectivity index (χ0v) is 19.6. The summed E-state index contributed by atoms with van der Waals surface area (Å²) in [5.74, 6) is -1.86. The van der Waals surface area contributed by atoms with Crippen LogP contribution in [0.3, 0.4) is 0 Å². The number of hydrogen-bond acceptors (Lipinski definition) is 6. The summed E-state index contributed by atoms with van der Waals surface area (Å²) in [5.41, 5.74) is -1.62. The van der Waals surface area contributed by atoms with Gasteiger partial charge in [0.05, 0.1) is 17.8 Å². The van der Waals surface area contributed by atoms with Gasteiger partial charge in [0.15, 0.2) is 6.61 Å². The normalized spacial score (nSPS) is 12.5. The van der Waals surface area contributed by atoms with Crippen LogP contribution in [0.1, 0.15) is 54.1 Å². The van der Waals surface area contributed by atoms with Crippen molar-refractivity contribution in [3.8, 4) is 5.75 Å². The number of ether oxygens (including phenoxy) is 2. The highest BCUT2D eigenvalue weighted by molar-refractivity contribution is 5.92. The number of aromatic nitrogens is 2. The van der Waals surface area contributed by atoms with E-state index in [4.69, 9.17) is 9.47 Å². The van der Waals surface area contributed by atoms with E-state index in [2.05, 4.69) is 15.3 Å². The van der Waals surface area contributed by atoms with Crippen LogP contribution < -0.4 is 10.1 Å². The van der Waals surface area contributed by atoms with Crippen LogP contribution in [0.15, 0.2) is 60.9 Å². The summed E-state index contributed by atoms with van der Waals surface area (Å²) < 4.78 is 63.8. The molecular formula is C25H23F4N3O4. The van der Waals surface area contributed by atoms with Crippen molar-refractivity contribution in [3.05, 3.63) is 89.3 Å². The molecule has 1 amide bonds. The van der Waals surface area contributed by atoms with Crippen LogP contribution in [0.5, 0.6) is 5.75 Å². The van der Waals surface area contributed by atoms with Crippen molar-refractivity contribution in [2.75, 3.05) is 6.61 Å². The van der Waals surface area contributed by atoms with Gasteiger partial charge in [-0.3, -0.25) is 9.78 Å². The zero-order valence-electron chi connectivity index (χ0n) is 19.6. The molecule has 190 valence electrons. The lowest BCUT2D eigenvalue weighted by Crippen LogP contribution is -2.31. The van der Waals surface area contributed by atoms with Crippen LogP contribution >= 0.6 is 0 Å². The van der Waals surface area contributed by atoms with Gasteiger partial charge in [0.25, 0.3) is 5.91 Å². The Morgan fingerprint density at radius 3 is 2.25 bits per heavy atom. The van der Waals surface area contributed by atoms with Crippen LogP contribution in [0, 0.1) is 5.82 Å². The molecule has 0 aliphatic rings. The highest BCUT2D eigenvalue weighted by Crippen LogP contribution is 2.31. The molecule has 0 unspecified atom stereocenters. The number of halogens is 4. The van der Waals surface area contributed by atoms with Crippen molar-refractivity contribution < 1.29 is 36.6 Å². The summed E-state index contributed by atoms with van der Waals surface area (Å²) >= 11 is 0. The third-order valence-electron chi connectivity index (χ3n) is 4.65. The fraction of sp³-hybridized carbons (Fsp3) is 0.280.